The monoisotopic (exact) mass is 373 g/mol. The summed E-state index contributed by atoms with van der Waals surface area (Å²) in [5.74, 6) is 1.29. The van der Waals surface area contributed by atoms with Crippen molar-refractivity contribution in [2.75, 3.05) is 12.4 Å². The molecule has 2 heterocycles. The molecule has 1 aliphatic rings. The van der Waals surface area contributed by atoms with Gasteiger partial charge in [-0.15, -0.1) is 0 Å². The first-order valence-corrected chi connectivity index (χ1v) is 8.28. The molecule has 0 aliphatic carbocycles. The SMILES string of the molecule is COc1ccccc1[C@@H]1C=C(c2ccc(Cl)cc2Cl)Nc2nnnn21. The Morgan fingerprint density at radius 2 is 2.00 bits per heavy atom. The zero-order chi connectivity index (χ0) is 17.4. The second-order valence-corrected chi connectivity index (χ2v) is 6.31. The number of anilines is 1. The molecular weight excluding hydrogens is 361 g/mol. The van der Waals surface area contributed by atoms with Crippen LogP contribution in [0.3, 0.4) is 0 Å². The van der Waals surface area contributed by atoms with E-state index in [0.29, 0.717) is 16.0 Å². The second-order valence-electron chi connectivity index (χ2n) is 5.46. The molecule has 126 valence electrons. The number of halogens is 2. The highest BCUT2D eigenvalue weighted by atomic mass is 35.5. The topological polar surface area (TPSA) is 64.9 Å². The molecule has 0 amide bonds. The number of nitrogens with zero attached hydrogens (tertiary/aromatic N) is 4. The molecule has 3 aromatic rings. The molecule has 1 aliphatic heterocycles. The molecule has 0 radical (unpaired) electrons. The summed E-state index contributed by atoms with van der Waals surface area (Å²) >= 11 is 12.4. The average Bonchev–Trinajstić information content (AvgIpc) is 3.09. The quantitative estimate of drug-likeness (QED) is 0.750. The number of hydrogen-bond acceptors (Lipinski definition) is 5. The molecule has 8 heteroatoms. The zero-order valence-corrected chi connectivity index (χ0v) is 14.7. The van der Waals surface area contributed by atoms with Gasteiger partial charge in [0.1, 0.15) is 11.8 Å². The predicted octanol–water partition coefficient (Wildman–Crippen LogP) is 4.04. The summed E-state index contributed by atoms with van der Waals surface area (Å²) in [4.78, 5) is 0. The summed E-state index contributed by atoms with van der Waals surface area (Å²) in [7, 11) is 1.64. The Morgan fingerprint density at radius 1 is 1.16 bits per heavy atom. The van der Waals surface area contributed by atoms with Crippen LogP contribution >= 0.6 is 23.2 Å². The Morgan fingerprint density at radius 3 is 2.80 bits per heavy atom. The van der Waals surface area contributed by atoms with Crippen molar-refractivity contribution >= 4 is 34.8 Å². The van der Waals surface area contributed by atoms with Crippen molar-refractivity contribution in [2.45, 2.75) is 6.04 Å². The van der Waals surface area contributed by atoms with E-state index in [-0.39, 0.29) is 6.04 Å². The van der Waals surface area contributed by atoms with Gasteiger partial charge < -0.3 is 10.1 Å². The number of benzene rings is 2. The van der Waals surface area contributed by atoms with Crippen molar-refractivity contribution in [1.82, 2.24) is 20.2 Å². The van der Waals surface area contributed by atoms with Gasteiger partial charge in [-0.1, -0.05) is 46.5 Å². The number of allylic oxidation sites excluding steroid dienone is 1. The highest BCUT2D eigenvalue weighted by molar-refractivity contribution is 6.35. The minimum atomic E-state index is -0.232. The summed E-state index contributed by atoms with van der Waals surface area (Å²) in [6.45, 7) is 0. The van der Waals surface area contributed by atoms with E-state index < -0.39 is 0 Å². The maximum absolute atomic E-state index is 6.37. The van der Waals surface area contributed by atoms with Crippen LogP contribution in [0.4, 0.5) is 5.95 Å². The van der Waals surface area contributed by atoms with Gasteiger partial charge in [-0.25, -0.2) is 0 Å². The normalized spacial score (nSPS) is 16.0. The third kappa shape index (κ3) is 2.83. The van der Waals surface area contributed by atoms with Crippen molar-refractivity contribution in [3.63, 3.8) is 0 Å². The largest absolute Gasteiger partial charge is 0.496 e. The van der Waals surface area contributed by atoms with E-state index in [2.05, 4.69) is 20.8 Å². The molecule has 2 aromatic carbocycles. The van der Waals surface area contributed by atoms with Gasteiger partial charge in [0, 0.05) is 21.8 Å². The molecule has 6 nitrogen and oxygen atoms in total. The standard InChI is InChI=1S/C17H13Cl2N5O/c1-25-16-5-3-2-4-12(16)15-9-14(20-17-21-22-23-24(15)17)11-7-6-10(18)8-13(11)19/h2-9,15H,1H3,(H,20,21,23)/t15-/m0/s1. The molecular formula is C17H13Cl2N5O. The van der Waals surface area contributed by atoms with E-state index in [9.17, 15) is 0 Å². The van der Waals surface area contributed by atoms with E-state index in [0.717, 1.165) is 22.6 Å². The van der Waals surface area contributed by atoms with E-state index >= 15 is 0 Å². The first kappa shape index (κ1) is 15.9. The molecule has 0 spiro atoms. The highest BCUT2D eigenvalue weighted by Gasteiger charge is 2.27. The Balaban J connectivity index is 1.86. The lowest BCUT2D eigenvalue weighted by Crippen LogP contribution is -2.20. The van der Waals surface area contributed by atoms with E-state index in [1.807, 2.05) is 36.4 Å². The highest BCUT2D eigenvalue weighted by Crippen LogP contribution is 2.37. The van der Waals surface area contributed by atoms with Crippen LogP contribution in [-0.2, 0) is 0 Å². The maximum Gasteiger partial charge on any atom is 0.248 e. The van der Waals surface area contributed by atoms with Crippen LogP contribution in [0.1, 0.15) is 17.2 Å². The van der Waals surface area contributed by atoms with Crippen LogP contribution in [0.5, 0.6) is 5.75 Å². The number of fused-ring (bicyclic) bond motifs is 1. The third-order valence-electron chi connectivity index (χ3n) is 4.01. The summed E-state index contributed by atoms with van der Waals surface area (Å²) < 4.78 is 7.20. The van der Waals surface area contributed by atoms with Gasteiger partial charge in [-0.2, -0.15) is 4.68 Å². The van der Waals surface area contributed by atoms with Crippen LogP contribution in [0.2, 0.25) is 10.0 Å². The molecule has 0 saturated carbocycles. The van der Waals surface area contributed by atoms with Crippen molar-refractivity contribution in [1.29, 1.82) is 0 Å². The fraction of sp³-hybridized carbons (Fsp3) is 0.118. The first-order valence-electron chi connectivity index (χ1n) is 7.52. The lowest BCUT2D eigenvalue weighted by atomic mass is 10.0. The number of para-hydroxylation sites is 1. The second kappa shape index (κ2) is 6.38. The average molecular weight is 374 g/mol. The first-order chi connectivity index (χ1) is 12.2. The molecule has 0 fully saturated rings. The van der Waals surface area contributed by atoms with Gasteiger partial charge in [-0.3, -0.25) is 0 Å². The summed E-state index contributed by atoms with van der Waals surface area (Å²) in [5.41, 5.74) is 2.57. The zero-order valence-electron chi connectivity index (χ0n) is 13.1. The lowest BCUT2D eigenvalue weighted by Gasteiger charge is -2.25. The smallest absolute Gasteiger partial charge is 0.248 e. The summed E-state index contributed by atoms with van der Waals surface area (Å²) in [6.07, 6.45) is 2.01. The van der Waals surface area contributed by atoms with E-state index in [4.69, 9.17) is 27.9 Å². The third-order valence-corrected chi connectivity index (χ3v) is 4.55. The van der Waals surface area contributed by atoms with Gasteiger partial charge in [-0.05, 0) is 40.8 Å². The number of tetrazole rings is 1. The van der Waals surface area contributed by atoms with Gasteiger partial charge >= 0.3 is 0 Å². The van der Waals surface area contributed by atoms with E-state index in [1.165, 1.54) is 0 Å². The molecule has 1 N–H and O–H groups in total. The maximum atomic E-state index is 6.37. The summed E-state index contributed by atoms with van der Waals surface area (Å²) in [6, 6.07) is 12.9. The Labute approximate surface area is 154 Å². The van der Waals surface area contributed by atoms with Gasteiger partial charge in [0.15, 0.2) is 0 Å². The minimum absolute atomic E-state index is 0.232. The minimum Gasteiger partial charge on any atom is -0.496 e. The number of hydrogen-bond donors (Lipinski definition) is 1. The Hall–Kier alpha value is -2.57. The number of methoxy groups -OCH3 is 1. The van der Waals surface area contributed by atoms with E-state index in [1.54, 1.807) is 23.9 Å². The van der Waals surface area contributed by atoms with Crippen LogP contribution in [0.25, 0.3) is 5.70 Å². The molecule has 0 unspecified atom stereocenters. The van der Waals surface area contributed by atoms with Gasteiger partial charge in [0.05, 0.1) is 12.1 Å². The molecule has 0 bridgehead atoms. The lowest BCUT2D eigenvalue weighted by molar-refractivity contribution is 0.403. The molecule has 0 saturated heterocycles. The number of rotatable bonds is 3. The van der Waals surface area contributed by atoms with Crippen LogP contribution < -0.4 is 10.1 Å². The fourth-order valence-electron chi connectivity index (χ4n) is 2.85. The van der Waals surface area contributed by atoms with Crippen molar-refractivity contribution < 1.29 is 4.74 Å². The molecule has 1 aromatic heterocycles. The fourth-order valence-corrected chi connectivity index (χ4v) is 3.36. The van der Waals surface area contributed by atoms with Crippen LogP contribution in [0.15, 0.2) is 48.5 Å². The summed E-state index contributed by atoms with van der Waals surface area (Å²) in [5, 5.41) is 16.3. The number of ether oxygens (including phenoxy) is 1. The molecule has 4 rings (SSSR count). The molecule has 1 atom stereocenters. The van der Waals surface area contributed by atoms with Crippen molar-refractivity contribution in [2.24, 2.45) is 0 Å². The van der Waals surface area contributed by atoms with Gasteiger partial charge in [0.2, 0.25) is 5.95 Å². The van der Waals surface area contributed by atoms with Crippen LogP contribution in [0, 0.1) is 0 Å². The number of nitrogens with one attached hydrogen (secondary N) is 1. The van der Waals surface area contributed by atoms with Crippen molar-refractivity contribution in [3.05, 3.63) is 69.7 Å². The van der Waals surface area contributed by atoms with Crippen LogP contribution in [-0.4, -0.2) is 27.3 Å². The van der Waals surface area contributed by atoms with Crippen molar-refractivity contribution in [3.8, 4) is 5.75 Å². The predicted molar refractivity (Wildman–Crippen MR) is 97.0 cm³/mol. The Kier molecular flexibility index (Phi) is 4.07. The Bertz CT molecular complexity index is 969. The van der Waals surface area contributed by atoms with Gasteiger partial charge in [0.25, 0.3) is 0 Å². The molecule has 25 heavy (non-hydrogen) atoms. The number of aromatic nitrogens is 4.